The van der Waals surface area contributed by atoms with Crippen LogP contribution in [-0.4, -0.2) is 18.4 Å². The molecule has 0 N–H and O–H groups in total. The summed E-state index contributed by atoms with van der Waals surface area (Å²) < 4.78 is 4.79. The van der Waals surface area contributed by atoms with Crippen LogP contribution in [0.25, 0.3) is 10.8 Å². The molecule has 3 rings (SSSR count). The van der Waals surface area contributed by atoms with Crippen LogP contribution in [-0.2, 0) is 22.4 Å². The molecule has 0 saturated heterocycles. The van der Waals surface area contributed by atoms with Crippen LogP contribution < -0.4 is 0 Å². The molecule has 0 aromatic heterocycles. The lowest BCUT2D eigenvalue weighted by Gasteiger charge is -2.07. The van der Waals surface area contributed by atoms with Crippen molar-refractivity contribution in [2.75, 3.05) is 6.61 Å². The third kappa shape index (κ3) is 1.82. The molecular weight excluding hydrogens is 240 g/mol. The molecule has 0 aliphatic heterocycles. The van der Waals surface area contributed by atoms with Crippen molar-refractivity contribution < 1.29 is 14.3 Å². The quantitative estimate of drug-likeness (QED) is 0.480. The molecule has 19 heavy (non-hydrogen) atoms. The third-order valence-electron chi connectivity index (χ3n) is 3.58. The Morgan fingerprint density at radius 1 is 1.11 bits per heavy atom. The molecule has 0 fully saturated rings. The van der Waals surface area contributed by atoms with E-state index < -0.39 is 11.8 Å². The predicted molar refractivity (Wildman–Crippen MR) is 72.3 cm³/mol. The number of Topliss-reactive ketones (excluding diaryl/α,β-unsaturated/α-hetero) is 1. The molecule has 0 unspecified atom stereocenters. The Balaban J connectivity index is 2.16. The minimum atomic E-state index is -0.777. The van der Waals surface area contributed by atoms with Gasteiger partial charge in [0.05, 0.1) is 6.61 Å². The predicted octanol–water partition coefficient (Wildman–Crippen LogP) is 2.68. The fourth-order valence-electron chi connectivity index (χ4n) is 2.75. The summed E-state index contributed by atoms with van der Waals surface area (Å²) >= 11 is 0. The highest BCUT2D eigenvalue weighted by molar-refractivity contribution is 6.43. The molecule has 1 aliphatic carbocycles. The average molecular weight is 254 g/mol. The monoisotopic (exact) mass is 254 g/mol. The smallest absolute Gasteiger partial charge is 0.379 e. The Hall–Kier alpha value is -2.16. The van der Waals surface area contributed by atoms with Crippen LogP contribution in [0, 0.1) is 0 Å². The van der Waals surface area contributed by atoms with Crippen LogP contribution in [0.4, 0.5) is 0 Å². The zero-order valence-electron chi connectivity index (χ0n) is 10.7. The van der Waals surface area contributed by atoms with Gasteiger partial charge < -0.3 is 4.74 Å². The summed E-state index contributed by atoms with van der Waals surface area (Å²) in [5.74, 6) is -1.33. The van der Waals surface area contributed by atoms with Crippen LogP contribution in [0.15, 0.2) is 30.3 Å². The molecule has 0 bridgehead atoms. The summed E-state index contributed by atoms with van der Waals surface area (Å²) in [5.41, 5.74) is 2.96. The van der Waals surface area contributed by atoms with Gasteiger partial charge in [0.25, 0.3) is 5.78 Å². The van der Waals surface area contributed by atoms with Gasteiger partial charge in [-0.2, -0.15) is 0 Å². The maximum Gasteiger partial charge on any atom is 0.379 e. The highest BCUT2D eigenvalue weighted by Crippen LogP contribution is 2.32. The van der Waals surface area contributed by atoms with Crippen molar-refractivity contribution in [2.24, 2.45) is 0 Å². The van der Waals surface area contributed by atoms with Crippen LogP contribution in [0.2, 0.25) is 0 Å². The normalized spacial score (nSPS) is 12.7. The first kappa shape index (κ1) is 11.9. The standard InChI is InChI=1S/C16H14O3/c1-2-19-16(18)15(17)13-9-8-11-7-6-10-4-3-5-12(13)14(10)11/h3-5,8-9H,2,6-7H2,1H3. The zero-order chi connectivity index (χ0) is 13.4. The molecule has 0 radical (unpaired) electrons. The van der Waals surface area contributed by atoms with Gasteiger partial charge in [0.15, 0.2) is 0 Å². The molecule has 0 atom stereocenters. The van der Waals surface area contributed by atoms with Crippen LogP contribution in [0.3, 0.4) is 0 Å². The van der Waals surface area contributed by atoms with E-state index in [1.165, 1.54) is 11.1 Å². The van der Waals surface area contributed by atoms with Crippen LogP contribution in [0.5, 0.6) is 0 Å². The van der Waals surface area contributed by atoms with Crippen molar-refractivity contribution in [3.8, 4) is 0 Å². The molecular formula is C16H14O3. The molecule has 3 nitrogen and oxygen atoms in total. The number of hydrogen-bond acceptors (Lipinski definition) is 3. The van der Waals surface area contributed by atoms with E-state index in [9.17, 15) is 9.59 Å². The molecule has 0 heterocycles. The Morgan fingerprint density at radius 2 is 1.84 bits per heavy atom. The second-order valence-electron chi connectivity index (χ2n) is 4.66. The number of carbonyl (C=O) groups excluding carboxylic acids is 2. The van der Waals surface area contributed by atoms with E-state index in [0.29, 0.717) is 5.56 Å². The number of benzene rings is 2. The van der Waals surface area contributed by atoms with E-state index in [1.807, 2.05) is 18.2 Å². The number of esters is 1. The third-order valence-corrected chi connectivity index (χ3v) is 3.58. The maximum absolute atomic E-state index is 12.1. The number of ketones is 1. The van der Waals surface area contributed by atoms with E-state index in [-0.39, 0.29) is 6.61 Å². The van der Waals surface area contributed by atoms with Gasteiger partial charge in [-0.05, 0) is 47.7 Å². The fourth-order valence-corrected chi connectivity index (χ4v) is 2.75. The van der Waals surface area contributed by atoms with Crippen molar-refractivity contribution in [1.29, 1.82) is 0 Å². The van der Waals surface area contributed by atoms with E-state index in [0.717, 1.165) is 23.6 Å². The molecule has 2 aromatic rings. The summed E-state index contributed by atoms with van der Waals surface area (Å²) in [6, 6.07) is 9.61. The van der Waals surface area contributed by atoms with Gasteiger partial charge in [-0.1, -0.05) is 24.3 Å². The van der Waals surface area contributed by atoms with Crippen molar-refractivity contribution in [1.82, 2.24) is 0 Å². The second-order valence-corrected chi connectivity index (χ2v) is 4.66. The minimum absolute atomic E-state index is 0.214. The summed E-state index contributed by atoms with van der Waals surface area (Å²) in [4.78, 5) is 23.7. The zero-order valence-corrected chi connectivity index (χ0v) is 10.7. The van der Waals surface area contributed by atoms with Gasteiger partial charge in [0.2, 0.25) is 0 Å². The molecule has 0 amide bonds. The van der Waals surface area contributed by atoms with Crippen molar-refractivity contribution in [3.63, 3.8) is 0 Å². The van der Waals surface area contributed by atoms with E-state index in [4.69, 9.17) is 4.74 Å². The number of rotatable bonds is 3. The lowest BCUT2D eigenvalue weighted by Crippen LogP contribution is -2.17. The van der Waals surface area contributed by atoms with Gasteiger partial charge in [-0.25, -0.2) is 4.79 Å². The Bertz CT molecular complexity index is 675. The van der Waals surface area contributed by atoms with Crippen molar-refractivity contribution >= 4 is 22.5 Å². The van der Waals surface area contributed by atoms with Gasteiger partial charge >= 0.3 is 5.97 Å². The molecule has 96 valence electrons. The first-order chi connectivity index (χ1) is 9.22. The summed E-state index contributed by atoms with van der Waals surface area (Å²) in [7, 11) is 0. The van der Waals surface area contributed by atoms with Gasteiger partial charge in [0.1, 0.15) is 0 Å². The molecule has 1 aliphatic rings. The lowest BCUT2D eigenvalue weighted by atomic mass is 9.97. The Labute approximate surface area is 111 Å². The minimum Gasteiger partial charge on any atom is -0.460 e. The highest BCUT2D eigenvalue weighted by atomic mass is 16.5. The Morgan fingerprint density at radius 3 is 2.58 bits per heavy atom. The van der Waals surface area contributed by atoms with E-state index in [1.54, 1.807) is 13.0 Å². The van der Waals surface area contributed by atoms with Gasteiger partial charge in [-0.3, -0.25) is 4.79 Å². The van der Waals surface area contributed by atoms with E-state index in [2.05, 4.69) is 6.07 Å². The SMILES string of the molecule is CCOC(=O)C(=O)c1ccc2c3c(cccc13)CC2. The van der Waals surface area contributed by atoms with Crippen LogP contribution >= 0.6 is 0 Å². The maximum atomic E-state index is 12.1. The van der Waals surface area contributed by atoms with Gasteiger partial charge in [0, 0.05) is 5.56 Å². The lowest BCUT2D eigenvalue weighted by molar-refractivity contribution is -0.137. The van der Waals surface area contributed by atoms with Crippen LogP contribution in [0.1, 0.15) is 28.4 Å². The summed E-state index contributed by atoms with van der Waals surface area (Å²) in [6.45, 7) is 1.91. The highest BCUT2D eigenvalue weighted by Gasteiger charge is 2.23. The van der Waals surface area contributed by atoms with E-state index >= 15 is 0 Å². The number of carbonyl (C=O) groups is 2. The van der Waals surface area contributed by atoms with Gasteiger partial charge in [-0.15, -0.1) is 0 Å². The first-order valence-corrected chi connectivity index (χ1v) is 6.47. The summed E-state index contributed by atoms with van der Waals surface area (Å²) in [6.07, 6.45) is 2.01. The number of hydrogen-bond donors (Lipinski definition) is 0. The number of aryl methyl sites for hydroxylation is 2. The topological polar surface area (TPSA) is 43.4 Å². The summed E-state index contributed by atoms with van der Waals surface area (Å²) in [5, 5.41) is 2.00. The Kier molecular flexibility index (Phi) is 2.82. The molecule has 2 aromatic carbocycles. The fraction of sp³-hybridized carbons (Fsp3) is 0.250. The van der Waals surface area contributed by atoms with Crippen molar-refractivity contribution in [3.05, 3.63) is 47.0 Å². The molecule has 0 spiro atoms. The van der Waals surface area contributed by atoms with Crippen molar-refractivity contribution in [2.45, 2.75) is 19.8 Å². The average Bonchev–Trinajstić information content (AvgIpc) is 2.84. The second kappa shape index (κ2) is 4.50. The number of ether oxygens (including phenoxy) is 1. The molecule has 0 saturated carbocycles. The largest absolute Gasteiger partial charge is 0.460 e. The molecule has 3 heteroatoms. The first-order valence-electron chi connectivity index (χ1n) is 6.47.